The van der Waals surface area contributed by atoms with Crippen molar-refractivity contribution in [3.05, 3.63) is 182 Å². The summed E-state index contributed by atoms with van der Waals surface area (Å²) >= 11 is 0. The second-order valence-electron chi connectivity index (χ2n) is 15.1. The molecule has 274 valence electrons. The number of para-hydroxylation sites is 4. The minimum absolute atomic E-state index is 0.563. The summed E-state index contributed by atoms with van der Waals surface area (Å²) in [5.41, 5.74) is 9.27. The highest BCUT2D eigenvalue weighted by Gasteiger charge is 2.23. The van der Waals surface area contributed by atoms with Gasteiger partial charge in [-0.3, -0.25) is 0 Å². The highest BCUT2D eigenvalue weighted by molar-refractivity contribution is 6.22. The second-order valence-corrected chi connectivity index (χ2v) is 15.1. The van der Waals surface area contributed by atoms with Crippen molar-refractivity contribution >= 4 is 87.2 Å². The fourth-order valence-electron chi connectivity index (χ4n) is 9.18. The summed E-state index contributed by atoms with van der Waals surface area (Å²) in [5, 5.41) is 10.6. The third-order valence-corrected chi connectivity index (χ3v) is 11.8. The van der Waals surface area contributed by atoms with Gasteiger partial charge in [0.05, 0.1) is 11.0 Å². The van der Waals surface area contributed by atoms with E-state index in [-0.39, 0.29) is 0 Å². The number of hydrogen-bond donors (Lipinski definition) is 0. The van der Waals surface area contributed by atoms with Gasteiger partial charge < -0.3 is 13.4 Å². The summed E-state index contributed by atoms with van der Waals surface area (Å²) in [7, 11) is 0. The van der Waals surface area contributed by atoms with Gasteiger partial charge in [0.25, 0.3) is 0 Å². The van der Waals surface area contributed by atoms with Crippen molar-refractivity contribution in [2.24, 2.45) is 0 Å². The molecular formula is C53H30N4O2. The molecule has 0 atom stereocenters. The normalized spacial score (nSPS) is 12.1. The molecule has 13 aromatic rings. The topological polar surface area (TPSA) is 69.9 Å². The Hall–Kier alpha value is -8.09. The molecule has 0 N–H and O–H groups in total. The lowest BCUT2D eigenvalue weighted by Crippen LogP contribution is -2.01. The average molecular weight is 755 g/mol. The van der Waals surface area contributed by atoms with Crippen LogP contribution in [0.4, 0.5) is 0 Å². The number of aromatic nitrogens is 4. The highest BCUT2D eigenvalue weighted by Crippen LogP contribution is 2.44. The van der Waals surface area contributed by atoms with Gasteiger partial charge in [-0.2, -0.15) is 0 Å². The van der Waals surface area contributed by atoms with E-state index < -0.39 is 0 Å². The van der Waals surface area contributed by atoms with Crippen LogP contribution in [0.15, 0.2) is 191 Å². The fourth-order valence-corrected chi connectivity index (χ4v) is 9.18. The van der Waals surface area contributed by atoms with Crippen molar-refractivity contribution in [3.63, 3.8) is 0 Å². The van der Waals surface area contributed by atoms with Crippen LogP contribution in [0.25, 0.3) is 127 Å². The molecule has 0 radical (unpaired) electrons. The number of fused-ring (bicyclic) bond motifs is 13. The zero-order valence-electron chi connectivity index (χ0n) is 31.4. The van der Waals surface area contributed by atoms with Crippen LogP contribution in [-0.4, -0.2) is 19.5 Å². The fraction of sp³-hybridized carbons (Fsp3) is 0. The SMILES string of the molecule is c1ccc2c(c1)cc(-c1nc(-c3ccc(-n4c5ccccc5c5ccccc54)cc3)nc(-c3cc4ccccc4c4oc5ccccc5c34)n1)c1c3ccccc3oc21. The van der Waals surface area contributed by atoms with E-state index in [9.17, 15) is 0 Å². The molecule has 0 amide bonds. The Bertz CT molecular complexity index is 3630. The van der Waals surface area contributed by atoms with Gasteiger partial charge in [0.15, 0.2) is 17.5 Å². The Morgan fingerprint density at radius 1 is 0.356 bits per heavy atom. The first-order chi connectivity index (χ1) is 29.2. The van der Waals surface area contributed by atoms with Crippen molar-refractivity contribution < 1.29 is 8.83 Å². The molecule has 9 aromatic carbocycles. The monoisotopic (exact) mass is 754 g/mol. The molecule has 6 nitrogen and oxygen atoms in total. The van der Waals surface area contributed by atoms with E-state index in [0.717, 1.165) is 98.8 Å². The van der Waals surface area contributed by atoms with Crippen LogP contribution < -0.4 is 0 Å². The molecule has 0 aliphatic rings. The Labute approximate surface area is 336 Å². The Balaban J connectivity index is 1.10. The molecule has 0 saturated carbocycles. The Morgan fingerprint density at radius 3 is 1.27 bits per heavy atom. The number of furan rings is 2. The van der Waals surface area contributed by atoms with E-state index in [0.29, 0.717) is 17.5 Å². The molecule has 0 spiro atoms. The molecular weight excluding hydrogens is 725 g/mol. The lowest BCUT2D eigenvalue weighted by Gasteiger charge is -2.13. The van der Waals surface area contributed by atoms with Crippen molar-refractivity contribution in [1.82, 2.24) is 19.5 Å². The van der Waals surface area contributed by atoms with Crippen molar-refractivity contribution in [2.75, 3.05) is 0 Å². The smallest absolute Gasteiger partial charge is 0.164 e. The van der Waals surface area contributed by atoms with Crippen molar-refractivity contribution in [1.29, 1.82) is 0 Å². The van der Waals surface area contributed by atoms with E-state index in [1.807, 2.05) is 24.3 Å². The summed E-state index contributed by atoms with van der Waals surface area (Å²) in [4.78, 5) is 16.1. The molecule has 0 fully saturated rings. The summed E-state index contributed by atoms with van der Waals surface area (Å²) in [6.07, 6.45) is 0. The molecule has 0 bridgehead atoms. The molecule has 6 heteroatoms. The molecule has 0 saturated heterocycles. The maximum atomic E-state index is 6.62. The molecule has 0 aliphatic heterocycles. The number of benzene rings is 9. The van der Waals surface area contributed by atoms with Gasteiger partial charge in [-0.1, -0.05) is 121 Å². The van der Waals surface area contributed by atoms with Crippen LogP contribution in [0.5, 0.6) is 0 Å². The predicted molar refractivity (Wildman–Crippen MR) is 240 cm³/mol. The van der Waals surface area contributed by atoms with Gasteiger partial charge in [0.1, 0.15) is 22.3 Å². The maximum Gasteiger partial charge on any atom is 0.164 e. The molecule has 4 aromatic heterocycles. The zero-order chi connectivity index (χ0) is 38.6. The van der Waals surface area contributed by atoms with Gasteiger partial charge in [0, 0.05) is 65.5 Å². The Kier molecular flexibility index (Phi) is 6.63. The first-order valence-electron chi connectivity index (χ1n) is 19.8. The van der Waals surface area contributed by atoms with Crippen molar-refractivity contribution in [2.45, 2.75) is 0 Å². The van der Waals surface area contributed by atoms with E-state index in [1.54, 1.807) is 0 Å². The van der Waals surface area contributed by atoms with Gasteiger partial charge in [-0.05, 0) is 71.4 Å². The molecule has 0 aliphatic carbocycles. The highest BCUT2D eigenvalue weighted by atomic mass is 16.3. The van der Waals surface area contributed by atoms with Crippen LogP contribution in [0.1, 0.15) is 0 Å². The third-order valence-electron chi connectivity index (χ3n) is 11.8. The Morgan fingerprint density at radius 2 is 0.763 bits per heavy atom. The van der Waals surface area contributed by atoms with Crippen LogP contribution in [0.2, 0.25) is 0 Å². The zero-order valence-corrected chi connectivity index (χ0v) is 31.4. The minimum atomic E-state index is 0.563. The molecule has 0 unspecified atom stereocenters. The lowest BCUT2D eigenvalue weighted by molar-refractivity contribution is 0.672. The van der Waals surface area contributed by atoms with Crippen LogP contribution in [0.3, 0.4) is 0 Å². The number of nitrogens with zero attached hydrogens (tertiary/aromatic N) is 4. The first kappa shape index (κ1) is 32.0. The van der Waals surface area contributed by atoms with Crippen LogP contribution in [0, 0.1) is 0 Å². The van der Waals surface area contributed by atoms with E-state index in [2.05, 4.69) is 162 Å². The second kappa shape index (κ2) is 12.2. The van der Waals surface area contributed by atoms with E-state index in [4.69, 9.17) is 23.8 Å². The van der Waals surface area contributed by atoms with Gasteiger partial charge in [-0.25, -0.2) is 15.0 Å². The largest absolute Gasteiger partial charge is 0.455 e. The number of rotatable bonds is 4. The van der Waals surface area contributed by atoms with Gasteiger partial charge >= 0.3 is 0 Å². The molecule has 4 heterocycles. The molecule has 13 rings (SSSR count). The van der Waals surface area contributed by atoms with Gasteiger partial charge in [0.2, 0.25) is 0 Å². The van der Waals surface area contributed by atoms with E-state index in [1.165, 1.54) is 10.8 Å². The summed E-state index contributed by atoms with van der Waals surface area (Å²) < 4.78 is 15.6. The molecule has 59 heavy (non-hydrogen) atoms. The summed E-state index contributed by atoms with van der Waals surface area (Å²) in [5.74, 6) is 1.70. The summed E-state index contributed by atoms with van der Waals surface area (Å²) in [6.45, 7) is 0. The van der Waals surface area contributed by atoms with Crippen LogP contribution >= 0.6 is 0 Å². The lowest BCUT2D eigenvalue weighted by atomic mass is 9.98. The predicted octanol–water partition coefficient (Wildman–Crippen LogP) is 14.1. The van der Waals surface area contributed by atoms with Crippen LogP contribution in [-0.2, 0) is 0 Å². The standard InChI is InChI=1S/C53H30N4O2/c1-3-15-35-32(13-1)29-41(47-39-19-7-11-23-45(39)58-49(35)47)52-54-51(31-25-27-34(28-26-31)57-43-21-9-5-17-37(43)38-18-6-10-22-44(38)57)55-53(56-52)42-30-33-14-2-4-16-36(33)50-48(42)40-20-8-12-24-46(40)59-50/h1-30H. The first-order valence-corrected chi connectivity index (χ1v) is 19.8. The summed E-state index contributed by atoms with van der Waals surface area (Å²) in [6, 6.07) is 63.1. The number of hydrogen-bond acceptors (Lipinski definition) is 5. The van der Waals surface area contributed by atoms with Gasteiger partial charge in [-0.15, -0.1) is 0 Å². The third kappa shape index (κ3) is 4.71. The van der Waals surface area contributed by atoms with Crippen molar-refractivity contribution in [3.8, 4) is 39.9 Å². The van der Waals surface area contributed by atoms with E-state index >= 15 is 0 Å². The average Bonchev–Trinajstić information content (AvgIpc) is 3.99. The quantitative estimate of drug-likeness (QED) is 0.179. The minimum Gasteiger partial charge on any atom is -0.455 e. The maximum absolute atomic E-state index is 6.62.